The van der Waals surface area contributed by atoms with Crippen molar-refractivity contribution >= 4 is 27.5 Å². The van der Waals surface area contributed by atoms with Gasteiger partial charge in [0, 0.05) is 31.6 Å². The van der Waals surface area contributed by atoms with Gasteiger partial charge >= 0.3 is 0 Å². The van der Waals surface area contributed by atoms with E-state index in [0.717, 1.165) is 42.6 Å². The topological polar surface area (TPSA) is 21.1 Å². The summed E-state index contributed by atoms with van der Waals surface area (Å²) in [5.41, 5.74) is 2.32. The highest BCUT2D eigenvalue weighted by Crippen LogP contribution is 2.24. The molecule has 0 aromatic carbocycles. The molecule has 0 bridgehead atoms. The standard InChI is InChI=1S/C14H25BrClN3/c1-5-12(6-2)18(9-8-16)10-13-14(15)11(4)17-19(13)7-3/h12H,5-10H2,1-4H3. The molecule has 0 saturated carbocycles. The van der Waals surface area contributed by atoms with Crippen LogP contribution in [0.5, 0.6) is 0 Å². The van der Waals surface area contributed by atoms with Crippen molar-refractivity contribution in [2.24, 2.45) is 0 Å². The summed E-state index contributed by atoms with van der Waals surface area (Å²) < 4.78 is 3.23. The predicted molar refractivity (Wildman–Crippen MR) is 85.8 cm³/mol. The molecule has 0 saturated heterocycles. The quantitative estimate of drug-likeness (QED) is 0.655. The monoisotopic (exact) mass is 349 g/mol. The first-order valence-electron chi connectivity index (χ1n) is 7.10. The van der Waals surface area contributed by atoms with Crippen LogP contribution in [0.2, 0.25) is 0 Å². The average molecular weight is 351 g/mol. The molecule has 1 heterocycles. The van der Waals surface area contributed by atoms with Crippen molar-refractivity contribution in [3.05, 3.63) is 15.9 Å². The van der Waals surface area contributed by atoms with Gasteiger partial charge in [-0.3, -0.25) is 9.58 Å². The molecule has 0 radical (unpaired) electrons. The van der Waals surface area contributed by atoms with E-state index >= 15 is 0 Å². The van der Waals surface area contributed by atoms with Crippen molar-refractivity contribution in [3.63, 3.8) is 0 Å². The van der Waals surface area contributed by atoms with Gasteiger partial charge in [-0.05, 0) is 42.6 Å². The van der Waals surface area contributed by atoms with E-state index < -0.39 is 0 Å². The molecule has 1 rings (SSSR count). The van der Waals surface area contributed by atoms with E-state index in [1.165, 1.54) is 5.69 Å². The first-order valence-corrected chi connectivity index (χ1v) is 8.43. The van der Waals surface area contributed by atoms with Crippen molar-refractivity contribution in [2.45, 2.75) is 59.7 Å². The van der Waals surface area contributed by atoms with Crippen LogP contribution in [-0.4, -0.2) is 33.1 Å². The smallest absolute Gasteiger partial charge is 0.0739 e. The van der Waals surface area contributed by atoms with E-state index in [9.17, 15) is 0 Å². The Morgan fingerprint density at radius 3 is 2.42 bits per heavy atom. The SMILES string of the molecule is CCC(CC)N(CCCl)Cc1c(Br)c(C)nn1CC. The molecule has 19 heavy (non-hydrogen) atoms. The third kappa shape index (κ3) is 4.20. The zero-order chi connectivity index (χ0) is 14.4. The van der Waals surface area contributed by atoms with Gasteiger partial charge in [-0.25, -0.2) is 0 Å². The Hall–Kier alpha value is -0.0600. The minimum atomic E-state index is 0.589. The molecule has 110 valence electrons. The summed E-state index contributed by atoms with van der Waals surface area (Å²) in [6.07, 6.45) is 2.31. The third-order valence-corrected chi connectivity index (χ3v) is 4.84. The number of hydrogen-bond donors (Lipinski definition) is 0. The number of hydrogen-bond acceptors (Lipinski definition) is 2. The van der Waals surface area contributed by atoms with Crippen molar-refractivity contribution < 1.29 is 0 Å². The van der Waals surface area contributed by atoms with E-state index in [1.54, 1.807) is 0 Å². The fraction of sp³-hybridized carbons (Fsp3) is 0.786. The van der Waals surface area contributed by atoms with E-state index in [0.29, 0.717) is 11.9 Å². The van der Waals surface area contributed by atoms with E-state index in [2.05, 4.69) is 51.4 Å². The van der Waals surface area contributed by atoms with Crippen molar-refractivity contribution in [1.82, 2.24) is 14.7 Å². The molecule has 1 aromatic heterocycles. The van der Waals surface area contributed by atoms with E-state index in [-0.39, 0.29) is 0 Å². The summed E-state index contributed by atoms with van der Waals surface area (Å²) in [6.45, 7) is 11.4. The molecule has 0 atom stereocenters. The van der Waals surface area contributed by atoms with Crippen LogP contribution >= 0.6 is 27.5 Å². The molecule has 0 fully saturated rings. The average Bonchev–Trinajstić information content (AvgIpc) is 2.68. The first kappa shape index (κ1) is 17.0. The molecule has 0 N–H and O–H groups in total. The van der Waals surface area contributed by atoms with Crippen LogP contribution in [-0.2, 0) is 13.1 Å². The predicted octanol–water partition coefficient (Wildman–Crippen LogP) is 4.20. The lowest BCUT2D eigenvalue weighted by Gasteiger charge is -2.30. The van der Waals surface area contributed by atoms with Gasteiger partial charge in [0.15, 0.2) is 0 Å². The molecule has 0 unspecified atom stereocenters. The number of nitrogens with zero attached hydrogens (tertiary/aromatic N) is 3. The Morgan fingerprint density at radius 1 is 1.32 bits per heavy atom. The van der Waals surface area contributed by atoms with Crippen molar-refractivity contribution in [2.75, 3.05) is 12.4 Å². The van der Waals surface area contributed by atoms with Gasteiger partial charge in [0.05, 0.1) is 15.9 Å². The first-order chi connectivity index (χ1) is 9.08. The van der Waals surface area contributed by atoms with Gasteiger partial charge in [-0.15, -0.1) is 11.6 Å². The molecule has 5 heteroatoms. The molecule has 0 aliphatic carbocycles. The molecule has 3 nitrogen and oxygen atoms in total. The second kappa shape index (κ2) is 8.28. The Morgan fingerprint density at radius 2 is 1.95 bits per heavy atom. The molecular weight excluding hydrogens is 326 g/mol. The number of halogens is 2. The zero-order valence-electron chi connectivity index (χ0n) is 12.4. The highest BCUT2D eigenvalue weighted by molar-refractivity contribution is 9.10. The van der Waals surface area contributed by atoms with Crippen LogP contribution in [0.25, 0.3) is 0 Å². The van der Waals surface area contributed by atoms with Gasteiger partial charge in [0.1, 0.15) is 0 Å². The lowest BCUT2D eigenvalue weighted by Crippen LogP contribution is -2.36. The van der Waals surface area contributed by atoms with Crippen LogP contribution in [0.4, 0.5) is 0 Å². The third-order valence-electron chi connectivity index (χ3n) is 3.64. The van der Waals surface area contributed by atoms with Gasteiger partial charge in [0.2, 0.25) is 0 Å². The minimum Gasteiger partial charge on any atom is -0.293 e. The van der Waals surface area contributed by atoms with Crippen molar-refractivity contribution in [3.8, 4) is 0 Å². The summed E-state index contributed by atoms with van der Waals surface area (Å²) >= 11 is 9.63. The van der Waals surface area contributed by atoms with Crippen LogP contribution in [0.1, 0.15) is 45.0 Å². The minimum absolute atomic E-state index is 0.589. The van der Waals surface area contributed by atoms with E-state index in [4.69, 9.17) is 11.6 Å². The van der Waals surface area contributed by atoms with Crippen LogP contribution in [0.15, 0.2) is 4.47 Å². The van der Waals surface area contributed by atoms with Crippen molar-refractivity contribution in [1.29, 1.82) is 0 Å². The molecule has 0 spiro atoms. The number of aromatic nitrogens is 2. The summed E-state index contributed by atoms with van der Waals surface area (Å²) in [5, 5.41) is 4.56. The second-order valence-corrected chi connectivity index (χ2v) is 5.96. The Kier molecular flexibility index (Phi) is 7.40. The van der Waals surface area contributed by atoms with Crippen LogP contribution in [0, 0.1) is 6.92 Å². The largest absolute Gasteiger partial charge is 0.293 e. The Bertz CT molecular complexity index is 388. The maximum absolute atomic E-state index is 5.96. The summed E-state index contributed by atoms with van der Waals surface area (Å²) in [5.74, 6) is 0.674. The Balaban J connectivity index is 2.95. The molecule has 0 amide bonds. The van der Waals surface area contributed by atoms with Crippen LogP contribution in [0.3, 0.4) is 0 Å². The van der Waals surface area contributed by atoms with E-state index in [1.807, 2.05) is 6.92 Å². The fourth-order valence-electron chi connectivity index (χ4n) is 2.52. The highest BCUT2D eigenvalue weighted by atomic mass is 79.9. The lowest BCUT2D eigenvalue weighted by molar-refractivity contribution is 0.182. The van der Waals surface area contributed by atoms with Gasteiger partial charge in [-0.2, -0.15) is 5.10 Å². The van der Waals surface area contributed by atoms with Crippen LogP contribution < -0.4 is 0 Å². The number of rotatable bonds is 8. The number of aryl methyl sites for hydroxylation is 2. The summed E-state index contributed by atoms with van der Waals surface area (Å²) in [4.78, 5) is 2.47. The highest BCUT2D eigenvalue weighted by Gasteiger charge is 2.20. The molecule has 1 aromatic rings. The Labute approximate surface area is 130 Å². The second-order valence-electron chi connectivity index (χ2n) is 4.79. The number of alkyl halides is 1. The van der Waals surface area contributed by atoms with Gasteiger partial charge in [0.25, 0.3) is 0 Å². The van der Waals surface area contributed by atoms with Gasteiger partial charge in [-0.1, -0.05) is 13.8 Å². The summed E-state index contributed by atoms with van der Waals surface area (Å²) in [7, 11) is 0. The molecule has 0 aliphatic heterocycles. The molecule has 0 aliphatic rings. The zero-order valence-corrected chi connectivity index (χ0v) is 14.8. The normalized spacial score (nSPS) is 11.8. The molecular formula is C14H25BrClN3. The maximum Gasteiger partial charge on any atom is 0.0739 e. The fourth-order valence-corrected chi connectivity index (χ4v) is 3.14. The summed E-state index contributed by atoms with van der Waals surface area (Å²) in [6, 6.07) is 0.589. The maximum atomic E-state index is 5.96. The lowest BCUT2D eigenvalue weighted by atomic mass is 10.1. The van der Waals surface area contributed by atoms with Gasteiger partial charge < -0.3 is 0 Å².